The van der Waals surface area contributed by atoms with Crippen LogP contribution < -0.4 is 10.2 Å². The zero-order chi connectivity index (χ0) is 21.4. The molecule has 3 aromatic heterocycles. The van der Waals surface area contributed by atoms with E-state index in [2.05, 4.69) is 25.1 Å². The minimum Gasteiger partial charge on any atom is -0.356 e. The van der Waals surface area contributed by atoms with Crippen LogP contribution in [0.25, 0.3) is 16.8 Å². The lowest BCUT2D eigenvalue weighted by atomic mass is 10.0. The second-order valence-corrected chi connectivity index (χ2v) is 8.48. The summed E-state index contributed by atoms with van der Waals surface area (Å²) in [4.78, 5) is 13.5. The van der Waals surface area contributed by atoms with Gasteiger partial charge in [-0.2, -0.15) is 0 Å². The number of pyridine rings is 2. The molecule has 0 unspecified atom stereocenters. The van der Waals surface area contributed by atoms with Crippen molar-refractivity contribution in [1.29, 1.82) is 0 Å². The van der Waals surface area contributed by atoms with Gasteiger partial charge in [0.2, 0.25) is 0 Å². The maximum Gasteiger partial charge on any atom is 0.281 e. The minimum atomic E-state index is -2.63. The van der Waals surface area contributed by atoms with Crippen LogP contribution in [0.1, 0.15) is 30.5 Å². The van der Waals surface area contributed by atoms with E-state index in [9.17, 15) is 8.78 Å². The second kappa shape index (κ2) is 8.51. The molecule has 0 atom stereocenters. The fraction of sp³-hybridized carbons (Fsp3) is 0.478. The summed E-state index contributed by atoms with van der Waals surface area (Å²) in [6.07, 6.45) is 4.85. The summed E-state index contributed by atoms with van der Waals surface area (Å²) in [5.74, 6) is 0.651. The van der Waals surface area contributed by atoms with Crippen molar-refractivity contribution in [2.45, 2.75) is 32.2 Å². The van der Waals surface area contributed by atoms with Crippen LogP contribution >= 0.6 is 0 Å². The second-order valence-electron chi connectivity index (χ2n) is 8.48. The number of halogens is 2. The molecule has 2 fully saturated rings. The predicted molar refractivity (Wildman–Crippen MR) is 118 cm³/mol. The van der Waals surface area contributed by atoms with Crippen LogP contribution in [0.2, 0.25) is 0 Å². The monoisotopic (exact) mass is 426 g/mol. The van der Waals surface area contributed by atoms with Gasteiger partial charge in [-0.25, -0.2) is 18.7 Å². The molecule has 5 heterocycles. The summed E-state index contributed by atoms with van der Waals surface area (Å²) in [5.41, 5.74) is 2.84. The first-order chi connectivity index (χ1) is 15.1. The Labute approximate surface area is 180 Å². The third kappa shape index (κ3) is 4.02. The fourth-order valence-electron chi connectivity index (χ4n) is 4.91. The van der Waals surface area contributed by atoms with E-state index in [0.29, 0.717) is 17.4 Å². The highest BCUT2D eigenvalue weighted by Gasteiger charge is 2.27. The van der Waals surface area contributed by atoms with Crippen molar-refractivity contribution < 1.29 is 8.78 Å². The molecule has 2 aliphatic heterocycles. The number of aromatic nitrogens is 3. The molecule has 0 amide bonds. The Kier molecular flexibility index (Phi) is 5.58. The lowest BCUT2D eigenvalue weighted by molar-refractivity contribution is 0.145. The van der Waals surface area contributed by atoms with E-state index >= 15 is 0 Å². The lowest BCUT2D eigenvalue weighted by Crippen LogP contribution is -2.52. The van der Waals surface area contributed by atoms with Crippen molar-refractivity contribution in [3.63, 3.8) is 0 Å². The highest BCUT2D eigenvalue weighted by molar-refractivity contribution is 5.70. The van der Waals surface area contributed by atoms with Gasteiger partial charge < -0.3 is 14.6 Å². The van der Waals surface area contributed by atoms with Crippen LogP contribution in [0.5, 0.6) is 0 Å². The number of imidazole rings is 1. The Balaban J connectivity index is 1.38. The van der Waals surface area contributed by atoms with Gasteiger partial charge in [0.25, 0.3) is 6.43 Å². The third-order valence-corrected chi connectivity index (χ3v) is 6.56. The summed E-state index contributed by atoms with van der Waals surface area (Å²) < 4.78 is 29.9. The van der Waals surface area contributed by atoms with E-state index in [4.69, 9.17) is 0 Å². The van der Waals surface area contributed by atoms with E-state index in [1.807, 2.05) is 35.9 Å². The summed E-state index contributed by atoms with van der Waals surface area (Å²) in [6, 6.07) is 6.17. The minimum absolute atomic E-state index is 0.152. The molecular weight excluding hydrogens is 398 g/mol. The molecule has 0 bridgehead atoms. The third-order valence-electron chi connectivity index (χ3n) is 6.56. The molecule has 2 saturated heterocycles. The maximum atomic E-state index is 14.0. The average Bonchev–Trinajstić information content (AvgIpc) is 3.29. The van der Waals surface area contributed by atoms with Crippen molar-refractivity contribution in [1.82, 2.24) is 24.6 Å². The van der Waals surface area contributed by atoms with E-state index < -0.39 is 6.43 Å². The Hall–Kier alpha value is -2.58. The molecule has 0 aromatic carbocycles. The van der Waals surface area contributed by atoms with Crippen molar-refractivity contribution >= 4 is 11.5 Å². The Morgan fingerprint density at radius 2 is 1.87 bits per heavy atom. The van der Waals surface area contributed by atoms with Crippen LogP contribution in [0.4, 0.5) is 14.6 Å². The molecule has 31 heavy (non-hydrogen) atoms. The Morgan fingerprint density at radius 1 is 1.10 bits per heavy atom. The number of fused-ring (bicyclic) bond motifs is 1. The quantitative estimate of drug-likeness (QED) is 0.692. The Morgan fingerprint density at radius 3 is 2.61 bits per heavy atom. The first-order valence-electron chi connectivity index (χ1n) is 11.0. The smallest absolute Gasteiger partial charge is 0.281 e. The maximum absolute atomic E-state index is 14.0. The summed E-state index contributed by atoms with van der Waals surface area (Å²) >= 11 is 0. The average molecular weight is 427 g/mol. The molecule has 0 aliphatic carbocycles. The van der Waals surface area contributed by atoms with Gasteiger partial charge in [0, 0.05) is 75.0 Å². The van der Waals surface area contributed by atoms with E-state index in [1.165, 1.54) is 0 Å². The van der Waals surface area contributed by atoms with Crippen LogP contribution in [-0.4, -0.2) is 64.6 Å². The van der Waals surface area contributed by atoms with Crippen molar-refractivity contribution in [2.24, 2.45) is 0 Å². The summed E-state index contributed by atoms with van der Waals surface area (Å²) in [6.45, 7) is 7.92. The van der Waals surface area contributed by atoms with Gasteiger partial charge in [-0.05, 0) is 43.5 Å². The first kappa shape index (κ1) is 20.3. The molecule has 2 aliphatic rings. The number of piperazine rings is 1. The van der Waals surface area contributed by atoms with Crippen LogP contribution in [-0.2, 0) is 0 Å². The van der Waals surface area contributed by atoms with Gasteiger partial charge in [0.1, 0.15) is 17.2 Å². The topological polar surface area (TPSA) is 48.7 Å². The molecule has 0 saturated carbocycles. The molecule has 8 heteroatoms. The van der Waals surface area contributed by atoms with E-state index in [0.717, 1.165) is 68.9 Å². The first-order valence-corrected chi connectivity index (χ1v) is 11.0. The molecule has 0 spiro atoms. The number of rotatable bonds is 4. The van der Waals surface area contributed by atoms with E-state index in [-0.39, 0.29) is 5.69 Å². The van der Waals surface area contributed by atoms with Crippen LogP contribution in [0, 0.1) is 6.92 Å². The van der Waals surface area contributed by atoms with Crippen molar-refractivity contribution in [3.8, 4) is 11.1 Å². The van der Waals surface area contributed by atoms with Gasteiger partial charge in [-0.15, -0.1) is 0 Å². The standard InChI is InChI=1S/C23H28F2N6/c1-16-14-17(15-31-13-8-27-23(16)31)19-2-3-20(28-21(19)22(24)25)30-9-4-18(5-10-30)29-11-6-26-7-12-29/h2-3,8,13-15,18,22,26H,4-7,9-12H2,1H3. The number of piperidine rings is 1. The van der Waals surface area contributed by atoms with Crippen molar-refractivity contribution in [3.05, 3.63) is 48.0 Å². The zero-order valence-electron chi connectivity index (χ0n) is 17.8. The van der Waals surface area contributed by atoms with Crippen molar-refractivity contribution in [2.75, 3.05) is 44.2 Å². The molecule has 3 aromatic rings. The number of hydrogen-bond donors (Lipinski definition) is 1. The van der Waals surface area contributed by atoms with Gasteiger partial charge in [-0.1, -0.05) is 0 Å². The molecule has 164 valence electrons. The Bertz CT molecular complexity index is 1050. The normalized spacial score (nSPS) is 18.9. The number of nitrogens with zero attached hydrogens (tertiary/aromatic N) is 5. The van der Waals surface area contributed by atoms with E-state index in [1.54, 1.807) is 12.3 Å². The number of alkyl halides is 2. The summed E-state index contributed by atoms with van der Waals surface area (Å²) in [5, 5.41) is 3.40. The highest BCUT2D eigenvalue weighted by Crippen LogP contribution is 2.33. The summed E-state index contributed by atoms with van der Waals surface area (Å²) in [7, 11) is 0. The number of hydrogen-bond acceptors (Lipinski definition) is 5. The molecule has 1 N–H and O–H groups in total. The van der Waals surface area contributed by atoms with Gasteiger partial charge >= 0.3 is 0 Å². The van der Waals surface area contributed by atoms with Crippen LogP contribution in [0.3, 0.4) is 0 Å². The predicted octanol–water partition coefficient (Wildman–Crippen LogP) is 3.52. The number of anilines is 1. The fourth-order valence-corrected chi connectivity index (χ4v) is 4.91. The highest BCUT2D eigenvalue weighted by atomic mass is 19.3. The molecule has 5 rings (SSSR count). The number of nitrogens with one attached hydrogen (secondary N) is 1. The van der Waals surface area contributed by atoms with Crippen LogP contribution in [0.15, 0.2) is 36.8 Å². The molecular formula is C23H28F2N6. The zero-order valence-corrected chi connectivity index (χ0v) is 17.8. The number of aryl methyl sites for hydroxylation is 1. The molecule has 0 radical (unpaired) electrons. The lowest BCUT2D eigenvalue weighted by Gasteiger charge is -2.40. The van der Waals surface area contributed by atoms with Gasteiger partial charge in [0.15, 0.2) is 0 Å². The van der Waals surface area contributed by atoms with Gasteiger partial charge in [0.05, 0.1) is 0 Å². The van der Waals surface area contributed by atoms with Gasteiger partial charge in [-0.3, -0.25) is 4.90 Å². The SMILES string of the molecule is Cc1cc(-c2ccc(N3CCC(N4CCNCC4)CC3)nc2C(F)F)cn2ccnc12. The molecule has 6 nitrogen and oxygen atoms in total. The largest absolute Gasteiger partial charge is 0.356 e.